The Balaban J connectivity index is 1.35. The Morgan fingerprint density at radius 1 is 1.29 bits per heavy atom. The summed E-state index contributed by atoms with van der Waals surface area (Å²) in [6.45, 7) is 8.86. The average molecular weight is 503 g/mol. The highest BCUT2D eigenvalue weighted by Crippen LogP contribution is 2.49. The summed E-state index contributed by atoms with van der Waals surface area (Å²) in [6, 6.07) is 3.89. The Morgan fingerprint density at radius 2 is 2.06 bits per heavy atom. The fourth-order valence-corrected chi connectivity index (χ4v) is 4.97. The first-order valence-corrected chi connectivity index (χ1v) is 11.4. The van der Waals surface area contributed by atoms with Gasteiger partial charge in [-0.1, -0.05) is 30.3 Å². The van der Waals surface area contributed by atoms with E-state index in [1.54, 1.807) is 30.0 Å². The van der Waals surface area contributed by atoms with Crippen molar-refractivity contribution in [1.82, 2.24) is 24.7 Å². The molecule has 5 heterocycles. The van der Waals surface area contributed by atoms with Crippen molar-refractivity contribution in [1.29, 1.82) is 0 Å². The number of methoxy groups -OCH3 is 1. The van der Waals surface area contributed by atoms with Crippen molar-refractivity contribution in [2.24, 2.45) is 7.05 Å². The summed E-state index contributed by atoms with van der Waals surface area (Å²) in [7, 11) is 3.51. The molecule has 3 aromatic heterocycles. The zero-order chi connectivity index (χ0) is 24.8. The largest absolute Gasteiger partial charge is 0.455 e. The lowest BCUT2D eigenvalue weighted by atomic mass is 9.79. The molecule has 2 aliphatic heterocycles. The zero-order valence-corrected chi connectivity index (χ0v) is 20.2. The van der Waals surface area contributed by atoms with Gasteiger partial charge in [-0.3, -0.25) is 4.68 Å². The first-order chi connectivity index (χ1) is 16.9. The van der Waals surface area contributed by atoms with Crippen molar-refractivity contribution in [2.45, 2.75) is 36.6 Å². The van der Waals surface area contributed by atoms with Gasteiger partial charge in [0.25, 0.3) is 6.01 Å². The molecule has 0 aliphatic carbocycles. The molecule has 0 unspecified atom stereocenters. The molecular weight excluding hydrogens is 476 g/mol. The van der Waals surface area contributed by atoms with Crippen molar-refractivity contribution >= 4 is 28.6 Å². The van der Waals surface area contributed by atoms with E-state index in [1.165, 1.54) is 0 Å². The normalized spacial score (nSPS) is 27.8. The highest BCUT2D eigenvalue weighted by atomic mass is 35.5. The number of nitrogens with zero attached hydrogens (tertiary/aromatic N) is 4. The van der Waals surface area contributed by atoms with Crippen LogP contribution in [0.15, 0.2) is 37.4 Å². The lowest BCUT2D eigenvalue weighted by molar-refractivity contribution is -0.0680. The van der Waals surface area contributed by atoms with Crippen LogP contribution in [-0.4, -0.2) is 73.6 Å². The van der Waals surface area contributed by atoms with E-state index in [9.17, 15) is 5.11 Å². The van der Waals surface area contributed by atoms with Crippen LogP contribution in [0.2, 0.25) is 5.02 Å². The van der Waals surface area contributed by atoms with E-state index in [4.69, 9.17) is 30.5 Å². The Morgan fingerprint density at radius 3 is 2.80 bits per heavy atom. The molecule has 35 heavy (non-hydrogen) atoms. The quantitative estimate of drug-likeness (QED) is 0.377. The molecule has 0 aromatic carbocycles. The predicted molar refractivity (Wildman–Crippen MR) is 128 cm³/mol. The molecule has 2 fully saturated rings. The second-order valence-electron chi connectivity index (χ2n) is 8.51. The number of fused-ring (bicyclic) bond motifs is 2. The number of hydrogen-bond donors (Lipinski definition) is 3. The fourth-order valence-electron chi connectivity index (χ4n) is 4.76. The van der Waals surface area contributed by atoms with Crippen LogP contribution in [0.25, 0.3) is 11.2 Å². The van der Waals surface area contributed by atoms with Crippen LogP contribution in [0.3, 0.4) is 0 Å². The van der Waals surface area contributed by atoms with Crippen LogP contribution >= 0.6 is 11.6 Å². The SMILES string of the molecule is C=C[C@]12OC[C@@H](Oc3nc4nc(NCc5cc(COC)n(C)n5)c(Cl)cc4[nH]3)[C@@]1(C=C)OC[C@H]2O. The molecular formula is C23H27ClN6O5. The van der Waals surface area contributed by atoms with Gasteiger partial charge in [0.15, 0.2) is 23.0 Å². The lowest BCUT2D eigenvalue weighted by Gasteiger charge is -2.36. The highest BCUT2D eigenvalue weighted by molar-refractivity contribution is 6.33. The summed E-state index contributed by atoms with van der Waals surface area (Å²) in [4.78, 5) is 12.1. The van der Waals surface area contributed by atoms with Gasteiger partial charge >= 0.3 is 0 Å². The molecule has 11 nitrogen and oxygen atoms in total. The molecule has 3 aromatic rings. The maximum Gasteiger partial charge on any atom is 0.296 e. The molecule has 0 saturated carbocycles. The number of nitrogens with one attached hydrogen (secondary N) is 2. The van der Waals surface area contributed by atoms with Crippen LogP contribution in [-0.2, 0) is 34.4 Å². The van der Waals surface area contributed by atoms with Gasteiger partial charge in [0.1, 0.15) is 11.9 Å². The minimum atomic E-state index is -1.14. The number of aliphatic hydroxyl groups is 1. The Hall–Kier alpha value is -2.96. The number of anilines is 1. The molecule has 4 atom stereocenters. The maximum atomic E-state index is 10.5. The Kier molecular flexibility index (Phi) is 6.06. The number of ether oxygens (including phenoxy) is 4. The molecule has 2 aliphatic rings. The average Bonchev–Trinajstić information content (AvgIpc) is 3.56. The molecule has 12 heteroatoms. The standard InChI is InChI=1S/C23H27ClN6O5/c1-5-22-17(31)11-33-23(22,6-2)18(12-34-22)35-21-26-16-8-15(24)19(27-20(16)28-21)25-9-13-7-14(10-32-4)30(3)29-13/h5-8,17-18,31H,1-2,9-12H2,3-4H3,(H2,25,26,27,28)/t17-,18-,22-,23-/m1/s1. The number of aliphatic hydroxyl groups excluding tert-OH is 1. The summed E-state index contributed by atoms with van der Waals surface area (Å²) in [5.41, 5.74) is 0.560. The molecule has 3 N–H and O–H groups in total. The van der Waals surface area contributed by atoms with Crippen molar-refractivity contribution in [3.05, 3.63) is 53.9 Å². The third-order valence-electron chi connectivity index (χ3n) is 6.56. The minimum absolute atomic E-state index is 0.0768. The van der Waals surface area contributed by atoms with Gasteiger partial charge in [0.05, 0.1) is 48.3 Å². The smallest absolute Gasteiger partial charge is 0.296 e. The lowest BCUT2D eigenvalue weighted by Crippen LogP contribution is -2.56. The van der Waals surface area contributed by atoms with Crippen molar-refractivity contribution in [3.63, 3.8) is 0 Å². The summed E-state index contributed by atoms with van der Waals surface area (Å²) < 4.78 is 24.9. The molecule has 0 amide bonds. The first kappa shape index (κ1) is 23.8. The summed E-state index contributed by atoms with van der Waals surface area (Å²) in [5.74, 6) is 0.468. The third-order valence-corrected chi connectivity index (χ3v) is 6.85. The van der Waals surface area contributed by atoms with Gasteiger partial charge in [-0.15, -0.1) is 6.58 Å². The number of aryl methyl sites for hydroxylation is 1. The van der Waals surface area contributed by atoms with E-state index in [0.29, 0.717) is 35.2 Å². The van der Waals surface area contributed by atoms with E-state index in [-0.39, 0.29) is 19.2 Å². The number of pyridine rings is 1. The number of halogens is 1. The number of aromatic amines is 1. The number of H-pyrrole nitrogens is 1. The second-order valence-corrected chi connectivity index (χ2v) is 8.92. The number of imidazole rings is 1. The van der Waals surface area contributed by atoms with E-state index < -0.39 is 23.4 Å². The number of rotatable bonds is 9. The van der Waals surface area contributed by atoms with Crippen LogP contribution in [0.1, 0.15) is 11.4 Å². The van der Waals surface area contributed by atoms with Gasteiger partial charge in [-0.25, -0.2) is 4.98 Å². The van der Waals surface area contributed by atoms with Gasteiger partial charge < -0.3 is 34.4 Å². The molecule has 5 rings (SSSR count). The predicted octanol–water partition coefficient (Wildman–Crippen LogP) is 2.12. The van der Waals surface area contributed by atoms with Crippen molar-refractivity contribution in [3.8, 4) is 6.01 Å². The molecule has 186 valence electrons. The third kappa shape index (κ3) is 3.71. The minimum Gasteiger partial charge on any atom is -0.455 e. The summed E-state index contributed by atoms with van der Waals surface area (Å²) in [6.07, 6.45) is 1.64. The monoisotopic (exact) mass is 502 g/mol. The number of aromatic nitrogens is 5. The highest BCUT2D eigenvalue weighted by Gasteiger charge is 2.69. The van der Waals surface area contributed by atoms with Crippen LogP contribution in [0.5, 0.6) is 6.01 Å². The van der Waals surface area contributed by atoms with Gasteiger partial charge in [0.2, 0.25) is 0 Å². The van der Waals surface area contributed by atoms with Crippen molar-refractivity contribution < 1.29 is 24.1 Å². The zero-order valence-electron chi connectivity index (χ0n) is 19.5. The van der Waals surface area contributed by atoms with E-state index >= 15 is 0 Å². The Bertz CT molecular complexity index is 1280. The second kappa shape index (κ2) is 8.92. The van der Waals surface area contributed by atoms with E-state index in [0.717, 1.165) is 11.4 Å². The Labute approximate surface area is 206 Å². The molecule has 0 radical (unpaired) electrons. The molecule has 0 spiro atoms. The van der Waals surface area contributed by atoms with E-state index in [2.05, 4.69) is 38.5 Å². The number of hydrogen-bond acceptors (Lipinski definition) is 9. The van der Waals surface area contributed by atoms with Crippen LogP contribution in [0.4, 0.5) is 5.82 Å². The van der Waals surface area contributed by atoms with Crippen molar-refractivity contribution in [2.75, 3.05) is 25.6 Å². The van der Waals surface area contributed by atoms with Gasteiger partial charge in [-0.05, 0) is 12.1 Å². The van der Waals surface area contributed by atoms with E-state index in [1.807, 2.05) is 13.1 Å². The molecule has 2 saturated heterocycles. The van der Waals surface area contributed by atoms with Crippen LogP contribution in [0, 0.1) is 0 Å². The van der Waals surface area contributed by atoms with Gasteiger partial charge in [0, 0.05) is 14.2 Å². The maximum absolute atomic E-state index is 10.5. The van der Waals surface area contributed by atoms with Gasteiger partial charge in [-0.2, -0.15) is 10.1 Å². The fraction of sp³-hybridized carbons (Fsp3) is 0.435. The molecule has 0 bridgehead atoms. The summed E-state index contributed by atoms with van der Waals surface area (Å²) in [5, 5.41) is 18.6. The topological polar surface area (TPSA) is 129 Å². The van der Waals surface area contributed by atoms with Crippen LogP contribution < -0.4 is 10.1 Å². The summed E-state index contributed by atoms with van der Waals surface area (Å²) >= 11 is 6.45. The first-order valence-electron chi connectivity index (χ1n) is 11.1.